The molecule has 0 fully saturated rings. The van der Waals surface area contributed by atoms with Crippen LogP contribution in [0.1, 0.15) is 27.0 Å². The van der Waals surface area contributed by atoms with Gasteiger partial charge in [-0.15, -0.1) is 0 Å². The van der Waals surface area contributed by atoms with E-state index in [0.717, 1.165) is 16.9 Å². The normalized spacial score (nSPS) is 11.1. The van der Waals surface area contributed by atoms with E-state index in [2.05, 4.69) is 33.9 Å². The minimum atomic E-state index is -0.345. The highest BCUT2D eigenvalue weighted by Crippen LogP contribution is 2.19. The van der Waals surface area contributed by atoms with Crippen molar-refractivity contribution in [1.82, 2.24) is 5.32 Å². The number of aliphatic hydroxyl groups is 1. The van der Waals surface area contributed by atoms with Crippen molar-refractivity contribution in [2.24, 2.45) is 0 Å². The molecular formula is C25H22BrNO3. The molecule has 0 aromatic heterocycles. The number of amides is 1. The Hall–Kier alpha value is -3.31. The van der Waals surface area contributed by atoms with Crippen LogP contribution in [-0.4, -0.2) is 11.0 Å². The molecule has 0 aliphatic carbocycles. The van der Waals surface area contributed by atoms with Crippen LogP contribution >= 0.6 is 15.9 Å². The predicted octanol–water partition coefficient (Wildman–Crippen LogP) is 6.18. The summed E-state index contributed by atoms with van der Waals surface area (Å²) in [4.78, 5) is 12.5. The fourth-order valence-corrected chi connectivity index (χ4v) is 3.29. The summed E-state index contributed by atoms with van der Waals surface area (Å²) in [5.41, 5.74) is 3.77. The van der Waals surface area contributed by atoms with Crippen molar-refractivity contribution in [2.45, 2.75) is 13.5 Å². The van der Waals surface area contributed by atoms with Crippen molar-refractivity contribution in [3.8, 4) is 5.75 Å². The molecule has 152 valence electrons. The van der Waals surface area contributed by atoms with Gasteiger partial charge in [-0.25, -0.2) is 0 Å². The molecule has 0 spiro atoms. The molecule has 1 amide bonds. The Morgan fingerprint density at radius 1 is 1.10 bits per heavy atom. The number of carbonyl (C=O) groups excluding carboxylic acids is 1. The summed E-state index contributed by atoms with van der Waals surface area (Å²) in [6.07, 6.45) is 1.65. The number of carbonyl (C=O) groups is 1. The van der Waals surface area contributed by atoms with Gasteiger partial charge in [0.1, 0.15) is 18.1 Å². The zero-order valence-corrected chi connectivity index (χ0v) is 18.1. The third kappa shape index (κ3) is 5.84. The Kier molecular flexibility index (Phi) is 7.09. The summed E-state index contributed by atoms with van der Waals surface area (Å²) in [6, 6.07) is 22.6. The lowest BCUT2D eigenvalue weighted by Crippen LogP contribution is -2.24. The topological polar surface area (TPSA) is 58.6 Å². The third-order valence-electron chi connectivity index (χ3n) is 4.36. The fourth-order valence-electron chi connectivity index (χ4n) is 2.82. The van der Waals surface area contributed by atoms with E-state index in [9.17, 15) is 9.90 Å². The molecule has 3 aromatic rings. The SMILES string of the molecule is C=C(O)/C(=C/c1ccc(OCc2cccc(C)c2)cc1)NC(=O)c1ccccc1Br. The summed E-state index contributed by atoms with van der Waals surface area (Å²) in [5, 5.41) is 12.6. The molecule has 0 saturated carbocycles. The summed E-state index contributed by atoms with van der Waals surface area (Å²) < 4.78 is 6.49. The third-order valence-corrected chi connectivity index (χ3v) is 5.05. The summed E-state index contributed by atoms with van der Waals surface area (Å²) in [6.45, 7) is 6.08. The Bertz CT molecular complexity index is 1090. The molecule has 0 heterocycles. The fraction of sp³-hybridized carbons (Fsp3) is 0.0800. The van der Waals surface area contributed by atoms with E-state index in [1.807, 2.05) is 55.5 Å². The molecule has 30 heavy (non-hydrogen) atoms. The van der Waals surface area contributed by atoms with Crippen LogP contribution in [-0.2, 0) is 6.61 Å². The van der Waals surface area contributed by atoms with Crippen LogP contribution in [0.4, 0.5) is 0 Å². The highest BCUT2D eigenvalue weighted by molar-refractivity contribution is 9.10. The molecule has 0 bridgehead atoms. The van der Waals surface area contributed by atoms with Gasteiger partial charge in [-0.2, -0.15) is 0 Å². The number of aryl methyl sites for hydroxylation is 1. The number of nitrogens with one attached hydrogen (secondary N) is 1. The zero-order chi connectivity index (χ0) is 21.5. The van der Waals surface area contributed by atoms with Crippen molar-refractivity contribution in [3.05, 3.63) is 118 Å². The van der Waals surface area contributed by atoms with E-state index in [1.165, 1.54) is 5.56 Å². The minimum absolute atomic E-state index is 0.226. The second kappa shape index (κ2) is 9.94. The van der Waals surface area contributed by atoms with Gasteiger partial charge in [0, 0.05) is 4.47 Å². The monoisotopic (exact) mass is 463 g/mol. The Morgan fingerprint density at radius 2 is 1.83 bits per heavy atom. The molecular weight excluding hydrogens is 442 g/mol. The van der Waals surface area contributed by atoms with E-state index in [4.69, 9.17) is 4.74 Å². The molecule has 0 aliphatic heterocycles. The lowest BCUT2D eigenvalue weighted by atomic mass is 10.1. The Morgan fingerprint density at radius 3 is 2.50 bits per heavy atom. The van der Waals surface area contributed by atoms with Gasteiger partial charge >= 0.3 is 0 Å². The van der Waals surface area contributed by atoms with Gasteiger partial charge in [0.15, 0.2) is 0 Å². The van der Waals surface area contributed by atoms with E-state index < -0.39 is 0 Å². The Labute approximate surface area is 184 Å². The van der Waals surface area contributed by atoms with Gasteiger partial charge < -0.3 is 15.2 Å². The quantitative estimate of drug-likeness (QED) is 0.324. The molecule has 3 aromatic carbocycles. The van der Waals surface area contributed by atoms with Crippen LogP contribution in [0.3, 0.4) is 0 Å². The van der Waals surface area contributed by atoms with Crippen molar-refractivity contribution in [2.75, 3.05) is 0 Å². The van der Waals surface area contributed by atoms with Gasteiger partial charge in [-0.1, -0.05) is 60.7 Å². The largest absolute Gasteiger partial charge is 0.506 e. The first-order valence-corrected chi connectivity index (χ1v) is 10.2. The molecule has 0 aliphatic rings. The van der Waals surface area contributed by atoms with Crippen LogP contribution in [0.15, 0.2) is 95.3 Å². The maximum atomic E-state index is 12.5. The number of hydrogen-bond acceptors (Lipinski definition) is 3. The standard InChI is InChI=1S/C25H22BrNO3/c1-17-6-5-7-20(14-17)16-30-21-12-10-19(11-13-21)15-24(18(2)28)27-25(29)22-8-3-4-9-23(22)26/h3-15,28H,2,16H2,1H3,(H,27,29)/b24-15-. The lowest BCUT2D eigenvalue weighted by Gasteiger charge is -2.11. The Balaban J connectivity index is 1.69. The van der Waals surface area contributed by atoms with E-state index in [1.54, 1.807) is 24.3 Å². The number of rotatable bonds is 7. The first kappa shape index (κ1) is 21.4. The summed E-state index contributed by atoms with van der Waals surface area (Å²) in [5.74, 6) is 0.160. The van der Waals surface area contributed by atoms with E-state index in [-0.39, 0.29) is 17.4 Å². The summed E-state index contributed by atoms with van der Waals surface area (Å²) >= 11 is 3.35. The number of hydrogen-bond donors (Lipinski definition) is 2. The van der Waals surface area contributed by atoms with Gasteiger partial charge in [0.05, 0.1) is 11.3 Å². The van der Waals surface area contributed by atoms with Gasteiger partial charge in [-0.3, -0.25) is 4.79 Å². The van der Waals surface area contributed by atoms with Gasteiger partial charge in [0.25, 0.3) is 5.91 Å². The summed E-state index contributed by atoms with van der Waals surface area (Å²) in [7, 11) is 0. The first-order chi connectivity index (χ1) is 14.4. The van der Waals surface area contributed by atoms with Crippen LogP contribution in [0.5, 0.6) is 5.75 Å². The second-order valence-corrected chi connectivity index (χ2v) is 7.64. The van der Waals surface area contributed by atoms with Crippen molar-refractivity contribution in [1.29, 1.82) is 0 Å². The average Bonchev–Trinajstić information content (AvgIpc) is 2.73. The maximum absolute atomic E-state index is 12.5. The van der Waals surface area contributed by atoms with Crippen molar-refractivity contribution >= 4 is 27.9 Å². The molecule has 0 unspecified atom stereocenters. The lowest BCUT2D eigenvalue weighted by molar-refractivity contribution is 0.0963. The second-order valence-electron chi connectivity index (χ2n) is 6.79. The molecule has 0 radical (unpaired) electrons. The van der Waals surface area contributed by atoms with Crippen LogP contribution < -0.4 is 10.1 Å². The number of aliphatic hydroxyl groups excluding tert-OH is 1. The number of benzene rings is 3. The molecule has 2 N–H and O–H groups in total. The van der Waals surface area contributed by atoms with Crippen molar-refractivity contribution in [3.63, 3.8) is 0 Å². The molecule has 5 heteroatoms. The van der Waals surface area contributed by atoms with Crippen LogP contribution in [0, 0.1) is 6.92 Å². The first-order valence-electron chi connectivity index (χ1n) is 9.36. The van der Waals surface area contributed by atoms with Crippen molar-refractivity contribution < 1.29 is 14.6 Å². The smallest absolute Gasteiger partial charge is 0.256 e. The van der Waals surface area contributed by atoms with Crippen LogP contribution in [0.2, 0.25) is 0 Å². The van der Waals surface area contributed by atoms with Crippen LogP contribution in [0.25, 0.3) is 6.08 Å². The average molecular weight is 464 g/mol. The minimum Gasteiger partial charge on any atom is -0.506 e. The number of halogens is 1. The highest BCUT2D eigenvalue weighted by atomic mass is 79.9. The highest BCUT2D eigenvalue weighted by Gasteiger charge is 2.12. The van der Waals surface area contributed by atoms with Gasteiger partial charge in [0.2, 0.25) is 0 Å². The molecule has 0 saturated heterocycles. The molecule has 3 rings (SSSR count). The maximum Gasteiger partial charge on any atom is 0.256 e. The molecule has 0 atom stereocenters. The van der Waals surface area contributed by atoms with Gasteiger partial charge in [-0.05, 0) is 64.3 Å². The predicted molar refractivity (Wildman–Crippen MR) is 123 cm³/mol. The molecule has 4 nitrogen and oxygen atoms in total. The zero-order valence-electron chi connectivity index (χ0n) is 16.6. The number of ether oxygens (including phenoxy) is 1. The van der Waals surface area contributed by atoms with E-state index >= 15 is 0 Å². The van der Waals surface area contributed by atoms with E-state index in [0.29, 0.717) is 16.6 Å².